The van der Waals surface area contributed by atoms with Crippen molar-refractivity contribution in [3.63, 3.8) is 0 Å². The van der Waals surface area contributed by atoms with Crippen molar-refractivity contribution in [2.24, 2.45) is 22.6 Å². The number of nitrogens with zero attached hydrogens (tertiary/aromatic N) is 1. The minimum Gasteiger partial charge on any atom is -0.384 e. The van der Waals surface area contributed by atoms with Crippen LogP contribution in [0.2, 0.25) is 0 Å². The van der Waals surface area contributed by atoms with Crippen LogP contribution in [0.25, 0.3) is 0 Å². The van der Waals surface area contributed by atoms with Gasteiger partial charge in [-0.05, 0) is 45.1 Å². The Bertz CT molecular complexity index is 413. The molecule has 0 aliphatic carbocycles. The number of rotatable bonds is 6. The maximum absolute atomic E-state index is 6.17. The van der Waals surface area contributed by atoms with Gasteiger partial charge in [0.2, 0.25) is 0 Å². The molecule has 0 unspecified atom stereocenters. The van der Waals surface area contributed by atoms with E-state index in [4.69, 9.17) is 10.7 Å². The van der Waals surface area contributed by atoms with Gasteiger partial charge in [0.15, 0.2) is 0 Å². The molecule has 0 bridgehead atoms. The second kappa shape index (κ2) is 8.08. The summed E-state index contributed by atoms with van der Waals surface area (Å²) in [6.45, 7) is 17.1. The highest BCUT2D eigenvalue weighted by Crippen LogP contribution is 2.30. The second-order valence-corrected chi connectivity index (χ2v) is 6.29. The molecule has 0 aromatic heterocycles. The lowest BCUT2D eigenvalue weighted by atomic mass is 9.79. The zero-order valence-corrected chi connectivity index (χ0v) is 14.5. The van der Waals surface area contributed by atoms with Gasteiger partial charge >= 0.3 is 0 Å². The summed E-state index contributed by atoms with van der Waals surface area (Å²) in [6.07, 6.45) is 8.21. The Labute approximate surface area is 125 Å². The maximum Gasteiger partial charge on any atom is 0.121 e. The fourth-order valence-electron chi connectivity index (χ4n) is 1.93. The number of aliphatic imine (C=N–C) groups is 1. The van der Waals surface area contributed by atoms with Crippen LogP contribution in [0.3, 0.4) is 0 Å². The molecule has 0 saturated heterocycles. The minimum atomic E-state index is -0.124. The number of hydrogen-bond acceptors (Lipinski definition) is 1. The number of amidine groups is 1. The Morgan fingerprint density at radius 3 is 1.95 bits per heavy atom. The molecular formula is C18H32N2. The van der Waals surface area contributed by atoms with Crippen molar-refractivity contribution < 1.29 is 0 Å². The molecule has 0 aromatic carbocycles. The lowest BCUT2D eigenvalue weighted by Crippen LogP contribution is -2.37. The zero-order chi connectivity index (χ0) is 15.9. The number of allylic oxidation sites excluding steroid dienone is 5. The first-order valence-electron chi connectivity index (χ1n) is 7.48. The molecule has 0 saturated carbocycles. The molecule has 2 nitrogen and oxygen atoms in total. The predicted octanol–water partition coefficient (Wildman–Crippen LogP) is 4.88. The van der Waals surface area contributed by atoms with E-state index in [1.807, 2.05) is 26.0 Å². The maximum atomic E-state index is 6.17. The lowest BCUT2D eigenvalue weighted by molar-refractivity contribution is 0.253. The summed E-state index contributed by atoms with van der Waals surface area (Å²) in [4.78, 5) is 4.81. The molecular weight excluding hydrogens is 244 g/mol. The van der Waals surface area contributed by atoms with E-state index in [0.717, 1.165) is 5.57 Å². The van der Waals surface area contributed by atoms with E-state index in [1.165, 1.54) is 5.57 Å². The van der Waals surface area contributed by atoms with Crippen molar-refractivity contribution in [3.8, 4) is 0 Å². The van der Waals surface area contributed by atoms with Crippen LogP contribution in [0.4, 0.5) is 0 Å². The van der Waals surface area contributed by atoms with Crippen molar-refractivity contribution in [1.29, 1.82) is 0 Å². The van der Waals surface area contributed by atoms with Gasteiger partial charge in [0.1, 0.15) is 5.84 Å². The largest absolute Gasteiger partial charge is 0.384 e. The van der Waals surface area contributed by atoms with E-state index < -0.39 is 0 Å². The first kappa shape index (κ1) is 18.7. The van der Waals surface area contributed by atoms with Crippen molar-refractivity contribution in [2.75, 3.05) is 0 Å². The average molecular weight is 276 g/mol. The highest BCUT2D eigenvalue weighted by molar-refractivity contribution is 5.97. The van der Waals surface area contributed by atoms with E-state index in [1.54, 1.807) is 0 Å². The smallest absolute Gasteiger partial charge is 0.121 e. The summed E-state index contributed by atoms with van der Waals surface area (Å²) in [5.41, 5.74) is 8.27. The average Bonchev–Trinajstić information content (AvgIpc) is 2.35. The molecule has 114 valence electrons. The van der Waals surface area contributed by atoms with Crippen LogP contribution in [0.15, 0.2) is 40.4 Å². The Morgan fingerprint density at radius 1 is 1.05 bits per heavy atom. The summed E-state index contributed by atoms with van der Waals surface area (Å²) in [5, 5.41) is 0. The third-order valence-corrected chi connectivity index (χ3v) is 4.13. The van der Waals surface area contributed by atoms with E-state index in [-0.39, 0.29) is 5.54 Å². The molecule has 0 heterocycles. The molecule has 0 radical (unpaired) electrons. The van der Waals surface area contributed by atoms with Gasteiger partial charge in [0.05, 0.1) is 5.54 Å². The van der Waals surface area contributed by atoms with Gasteiger partial charge in [-0.25, -0.2) is 0 Å². The first-order valence-corrected chi connectivity index (χ1v) is 7.48. The quantitative estimate of drug-likeness (QED) is 0.419. The molecule has 0 amide bonds. The van der Waals surface area contributed by atoms with Crippen molar-refractivity contribution in [3.05, 3.63) is 35.5 Å². The van der Waals surface area contributed by atoms with Gasteiger partial charge in [0.25, 0.3) is 0 Å². The summed E-state index contributed by atoms with van der Waals surface area (Å²) >= 11 is 0. The SMILES string of the molecule is C\C=C/C(C)=C\C=C(/C)C(N)=NC(C)(C(C)C)C(C)C. The third-order valence-electron chi connectivity index (χ3n) is 4.13. The van der Waals surface area contributed by atoms with Gasteiger partial charge in [-0.1, -0.05) is 57.6 Å². The highest BCUT2D eigenvalue weighted by atomic mass is 14.9. The molecule has 0 rings (SSSR count). The normalized spacial score (nSPS) is 15.8. The van der Waals surface area contributed by atoms with Crippen LogP contribution in [0.5, 0.6) is 0 Å². The van der Waals surface area contributed by atoms with Crippen molar-refractivity contribution >= 4 is 5.84 Å². The standard InChI is InChI=1S/C18H32N2/c1-9-10-15(6)11-12-16(7)17(19)20-18(8,13(2)3)14(4)5/h9-14H,1-8H3,(H2,19,20)/b10-9-,15-11-,16-12+. The summed E-state index contributed by atoms with van der Waals surface area (Å²) in [6, 6.07) is 0. The second-order valence-electron chi connectivity index (χ2n) is 6.29. The predicted molar refractivity (Wildman–Crippen MR) is 92.0 cm³/mol. The highest BCUT2D eigenvalue weighted by Gasteiger charge is 2.31. The fraction of sp³-hybridized carbons (Fsp3) is 0.611. The molecule has 0 spiro atoms. The van der Waals surface area contributed by atoms with Crippen LogP contribution >= 0.6 is 0 Å². The molecule has 0 aliphatic rings. The molecule has 0 fully saturated rings. The van der Waals surface area contributed by atoms with E-state index in [9.17, 15) is 0 Å². The van der Waals surface area contributed by atoms with Gasteiger partial charge in [-0.2, -0.15) is 0 Å². The summed E-state index contributed by atoms with van der Waals surface area (Å²) in [7, 11) is 0. The van der Waals surface area contributed by atoms with Crippen LogP contribution in [0.1, 0.15) is 55.4 Å². The van der Waals surface area contributed by atoms with Gasteiger partial charge in [-0.3, -0.25) is 4.99 Å². The minimum absolute atomic E-state index is 0.124. The molecule has 20 heavy (non-hydrogen) atoms. The van der Waals surface area contributed by atoms with Crippen LogP contribution in [-0.4, -0.2) is 11.4 Å². The lowest BCUT2D eigenvalue weighted by Gasteiger charge is -2.34. The topological polar surface area (TPSA) is 38.4 Å². The summed E-state index contributed by atoms with van der Waals surface area (Å²) in [5.74, 6) is 1.54. The van der Waals surface area contributed by atoms with Crippen molar-refractivity contribution in [1.82, 2.24) is 0 Å². The fourth-order valence-corrected chi connectivity index (χ4v) is 1.93. The monoisotopic (exact) mass is 276 g/mol. The van der Waals surface area contributed by atoms with E-state index in [0.29, 0.717) is 17.7 Å². The van der Waals surface area contributed by atoms with E-state index in [2.05, 4.69) is 53.7 Å². The van der Waals surface area contributed by atoms with Crippen molar-refractivity contribution in [2.45, 2.75) is 60.9 Å². The third kappa shape index (κ3) is 5.36. The number of hydrogen-bond donors (Lipinski definition) is 1. The van der Waals surface area contributed by atoms with Gasteiger partial charge in [-0.15, -0.1) is 0 Å². The van der Waals surface area contributed by atoms with Gasteiger partial charge < -0.3 is 5.73 Å². The number of nitrogens with two attached hydrogens (primary N) is 1. The molecule has 2 heteroatoms. The van der Waals surface area contributed by atoms with E-state index >= 15 is 0 Å². The Kier molecular flexibility index (Phi) is 7.55. The molecule has 2 N–H and O–H groups in total. The zero-order valence-electron chi connectivity index (χ0n) is 14.5. The first-order chi connectivity index (χ1) is 9.15. The van der Waals surface area contributed by atoms with Crippen LogP contribution < -0.4 is 5.73 Å². The molecule has 0 aliphatic heterocycles. The summed E-state index contributed by atoms with van der Waals surface area (Å²) < 4.78 is 0. The molecule has 0 aromatic rings. The molecule has 0 atom stereocenters. The van der Waals surface area contributed by atoms with Gasteiger partial charge in [0, 0.05) is 0 Å². The Balaban J connectivity index is 5.32. The van der Waals surface area contributed by atoms with Crippen LogP contribution in [0, 0.1) is 11.8 Å². The van der Waals surface area contributed by atoms with Crippen LogP contribution in [-0.2, 0) is 0 Å². The Hall–Kier alpha value is -1.31. The Morgan fingerprint density at radius 2 is 1.55 bits per heavy atom.